The molecule has 0 bridgehead atoms. The van der Waals surface area contributed by atoms with E-state index >= 15 is 0 Å². The van der Waals surface area contributed by atoms with Gasteiger partial charge in [0.25, 0.3) is 0 Å². The van der Waals surface area contributed by atoms with Crippen LogP contribution in [0.1, 0.15) is 101 Å². The molecule has 382 valence electrons. The summed E-state index contributed by atoms with van der Waals surface area (Å²) in [6.45, 7) is 21.2. The van der Waals surface area contributed by atoms with Gasteiger partial charge in [-0.3, -0.25) is 0 Å². The molecule has 0 atom stereocenters. The molecule has 0 aliphatic carbocycles. The largest absolute Gasteiger partial charge is 0.529 e. The molecule has 0 radical (unpaired) electrons. The van der Waals surface area contributed by atoms with Gasteiger partial charge in [0, 0.05) is 71.2 Å². The lowest BCUT2D eigenvalue weighted by Crippen LogP contribution is -2.44. The minimum absolute atomic E-state index is 0.175. The predicted molar refractivity (Wildman–Crippen MR) is 296 cm³/mol. The summed E-state index contributed by atoms with van der Waals surface area (Å²) in [6, 6.07) is 43.1. The zero-order chi connectivity index (χ0) is 52.4. The maximum absolute atomic E-state index is 14.3. The van der Waals surface area contributed by atoms with Crippen LogP contribution in [0.3, 0.4) is 0 Å². The topological polar surface area (TPSA) is 90.4 Å². The Morgan fingerprint density at radius 1 is 0.493 bits per heavy atom. The Hall–Kier alpha value is -6.89. The molecule has 2 heterocycles. The zero-order valence-electron chi connectivity index (χ0n) is 44.3. The van der Waals surface area contributed by atoms with E-state index in [0.29, 0.717) is 50.4 Å². The average molecular weight is 1000 g/mol. The lowest BCUT2D eigenvalue weighted by molar-refractivity contribution is 0.0845. The molecule has 7 aromatic rings. The van der Waals surface area contributed by atoms with Gasteiger partial charge in [-0.2, -0.15) is 0 Å². The van der Waals surface area contributed by atoms with Crippen molar-refractivity contribution in [1.82, 2.24) is 9.97 Å². The van der Waals surface area contributed by atoms with Crippen LogP contribution in [0.25, 0.3) is 40.5 Å². The van der Waals surface area contributed by atoms with Crippen LogP contribution in [0.2, 0.25) is 0 Å². The van der Waals surface area contributed by atoms with E-state index in [1.165, 1.54) is 6.07 Å². The van der Waals surface area contributed by atoms with Crippen molar-refractivity contribution in [2.45, 2.75) is 86.4 Å². The summed E-state index contributed by atoms with van der Waals surface area (Å²) in [5, 5.41) is 0. The van der Waals surface area contributed by atoms with Gasteiger partial charge in [-0.25, -0.2) is 14.4 Å². The first-order chi connectivity index (χ1) is 35.1. The molecule has 7 rings (SSSR count). The quantitative estimate of drug-likeness (QED) is 0.0547. The summed E-state index contributed by atoms with van der Waals surface area (Å²) < 4.78 is 56.6. The third-order valence-electron chi connectivity index (χ3n) is 11.7. The molecule has 0 unspecified atom stereocenters. The Labute approximate surface area is 434 Å². The van der Waals surface area contributed by atoms with E-state index < -0.39 is 8.80 Å². The molecule has 0 N–H and O–H groups in total. The van der Waals surface area contributed by atoms with Crippen LogP contribution >= 0.6 is 0 Å². The number of pyridine rings is 2. The van der Waals surface area contributed by atoms with Gasteiger partial charge in [0.1, 0.15) is 30.5 Å². The molecule has 0 aliphatic rings. The maximum atomic E-state index is 14.3. The number of aromatic nitrogens is 2. The maximum Gasteiger partial charge on any atom is 0.529 e. The molecule has 0 saturated carbocycles. The molecule has 0 saturated heterocycles. The highest BCUT2D eigenvalue weighted by molar-refractivity contribution is 6.67. The van der Waals surface area contributed by atoms with Gasteiger partial charge < -0.3 is 32.2 Å². The van der Waals surface area contributed by atoms with Crippen LogP contribution in [0.4, 0.5) is 4.39 Å². The van der Waals surface area contributed by atoms with Crippen LogP contribution in [-0.2, 0) is 37.3 Å². The van der Waals surface area contributed by atoms with Crippen LogP contribution in [0.15, 0.2) is 152 Å². The van der Waals surface area contributed by atoms with Crippen LogP contribution in [0, 0.1) is 5.82 Å². The lowest BCUT2D eigenvalue weighted by atomic mass is 9.83. The summed E-state index contributed by atoms with van der Waals surface area (Å²) >= 11 is 0. The van der Waals surface area contributed by atoms with Crippen molar-refractivity contribution < 1.29 is 36.6 Å². The highest BCUT2D eigenvalue weighted by Crippen LogP contribution is 2.42. The monoisotopic (exact) mass is 1000 g/mol. The fourth-order valence-electron chi connectivity index (χ4n) is 8.19. The highest BCUT2D eigenvalue weighted by Gasteiger charge is 2.38. The molecule has 11 heteroatoms. The zero-order valence-corrected chi connectivity index (χ0v) is 45.3. The summed E-state index contributed by atoms with van der Waals surface area (Å²) in [6.07, 6.45) is 9.17. The molecule has 0 fully saturated rings. The predicted octanol–water partition coefficient (Wildman–Crippen LogP) is 15.2. The number of hydrogen-bond donors (Lipinski definition) is 0. The minimum atomic E-state index is -3.01. The molecule has 9 nitrogen and oxygen atoms in total. The van der Waals surface area contributed by atoms with Crippen molar-refractivity contribution in [3.63, 3.8) is 0 Å². The van der Waals surface area contributed by atoms with Gasteiger partial charge in [0.05, 0.1) is 14.2 Å². The molecule has 2 aromatic heterocycles. The van der Waals surface area contributed by atoms with E-state index in [-0.39, 0.29) is 16.6 Å². The van der Waals surface area contributed by atoms with Crippen molar-refractivity contribution in [2.75, 3.05) is 34.0 Å². The van der Waals surface area contributed by atoms with Gasteiger partial charge in [-0.15, -0.1) is 0 Å². The van der Waals surface area contributed by atoms with E-state index in [1.807, 2.05) is 136 Å². The minimum Gasteiger partial charge on any atom is -0.496 e. The Morgan fingerprint density at radius 2 is 0.904 bits per heavy atom. The fraction of sp³-hybridized carbons (Fsp3) is 0.290. The van der Waals surface area contributed by atoms with Gasteiger partial charge >= 0.3 is 8.80 Å². The number of benzene rings is 5. The Balaban J connectivity index is 0.000000239. The van der Waals surface area contributed by atoms with Crippen molar-refractivity contribution >= 4 is 27.0 Å². The third kappa shape index (κ3) is 15.1. The second-order valence-corrected chi connectivity index (χ2v) is 21.6. The van der Waals surface area contributed by atoms with Crippen LogP contribution in [0.5, 0.6) is 23.3 Å². The van der Waals surface area contributed by atoms with E-state index in [0.717, 1.165) is 67.1 Å². The second-order valence-electron chi connectivity index (χ2n) is 19.1. The number of methoxy groups -OCH3 is 2. The normalized spacial score (nSPS) is 11.9. The number of ether oxygens (including phenoxy) is 4. The smallest absolute Gasteiger partial charge is 0.496 e. The van der Waals surface area contributed by atoms with Crippen molar-refractivity contribution in [3.8, 4) is 45.5 Å². The van der Waals surface area contributed by atoms with E-state index in [1.54, 1.807) is 44.8 Å². The fourth-order valence-corrected chi connectivity index (χ4v) is 10.3. The molecular formula is C62H71FN2O7Si. The van der Waals surface area contributed by atoms with E-state index in [9.17, 15) is 4.39 Å². The first kappa shape index (κ1) is 55.4. The second kappa shape index (κ2) is 26.2. The molecule has 0 spiro atoms. The SMILES string of the molecule is CCO[Si](/C=C/c1cc(-c2cccnc2OCc2ccccc2)cc(C(C)(C)C)c1OC)(OCC)OCC.COc1c(/C=C/c2ccccc2F)cc(-c2cccnc2OCc2ccccc2)cc1C(C)(C)C. The van der Waals surface area contributed by atoms with Gasteiger partial charge in [0.15, 0.2) is 0 Å². The number of halogens is 1. The Morgan fingerprint density at radius 3 is 1.32 bits per heavy atom. The number of nitrogens with zero attached hydrogens (tertiary/aromatic N) is 2. The van der Waals surface area contributed by atoms with Gasteiger partial charge in [0.2, 0.25) is 11.8 Å². The first-order valence-electron chi connectivity index (χ1n) is 24.9. The van der Waals surface area contributed by atoms with Crippen molar-refractivity contribution in [2.24, 2.45) is 0 Å². The molecular weight excluding hydrogens is 932 g/mol. The van der Waals surface area contributed by atoms with E-state index in [4.69, 9.17) is 32.2 Å². The molecule has 73 heavy (non-hydrogen) atoms. The standard InChI is InChI=1S/C31H30FNO2.C31H41NO5Si/c1-31(2,3)27-20-25(19-24(29(27)34-4)17-16-23-13-8-9-15-28(23)32)26-14-10-18-33-30(26)35-21-22-11-6-5-7-12-22;1-8-35-38(36-9-2,37-10-3)20-18-25-21-26(22-28(29(25)33-7)31(4,5)6)27-17-14-19-32-30(27)34-23-24-15-12-11-13-16-24/h5-20H,21H2,1-4H3;11-22H,8-10,23H2,1-7H3/b17-16+;20-18+. The third-order valence-corrected chi connectivity index (χ3v) is 14.4. The molecule has 0 amide bonds. The Kier molecular flexibility index (Phi) is 19.9. The lowest BCUT2D eigenvalue weighted by Gasteiger charge is -2.26. The molecule has 5 aromatic carbocycles. The first-order valence-corrected chi connectivity index (χ1v) is 26.7. The van der Waals surface area contributed by atoms with Gasteiger partial charge in [-0.1, -0.05) is 139 Å². The highest BCUT2D eigenvalue weighted by atomic mass is 28.4. The van der Waals surface area contributed by atoms with Crippen LogP contribution < -0.4 is 18.9 Å². The van der Waals surface area contributed by atoms with Crippen molar-refractivity contribution in [1.29, 1.82) is 0 Å². The van der Waals surface area contributed by atoms with Crippen LogP contribution in [-0.4, -0.2) is 52.8 Å². The van der Waals surface area contributed by atoms with Crippen molar-refractivity contribution in [3.05, 3.63) is 196 Å². The number of hydrogen-bond acceptors (Lipinski definition) is 9. The molecule has 0 aliphatic heterocycles. The summed E-state index contributed by atoms with van der Waals surface area (Å²) in [5.41, 5.74) is 11.9. The Bertz CT molecular complexity index is 2900. The average Bonchev–Trinajstić information content (AvgIpc) is 3.39. The van der Waals surface area contributed by atoms with E-state index in [2.05, 4.69) is 69.7 Å². The summed E-state index contributed by atoms with van der Waals surface area (Å²) in [7, 11) is 0.368. The summed E-state index contributed by atoms with van der Waals surface area (Å²) in [4.78, 5) is 9.09. The number of rotatable bonds is 20. The summed E-state index contributed by atoms with van der Waals surface area (Å²) in [5.74, 6) is 2.45. The van der Waals surface area contributed by atoms with Gasteiger partial charge in [-0.05, 0) is 114 Å².